The summed E-state index contributed by atoms with van der Waals surface area (Å²) in [6.07, 6.45) is -0.651. The first-order valence-corrected chi connectivity index (χ1v) is 10.8. The van der Waals surface area contributed by atoms with Gasteiger partial charge in [0, 0.05) is 5.02 Å². The van der Waals surface area contributed by atoms with E-state index in [1.807, 2.05) is 6.07 Å². The van der Waals surface area contributed by atoms with Crippen LogP contribution < -0.4 is 19.5 Å². The molecule has 0 spiro atoms. The van der Waals surface area contributed by atoms with Crippen molar-refractivity contribution in [1.82, 2.24) is 0 Å². The van der Waals surface area contributed by atoms with Gasteiger partial charge in [0.25, 0.3) is 15.9 Å². The van der Waals surface area contributed by atoms with Crippen molar-refractivity contribution in [2.75, 3.05) is 10.0 Å². The summed E-state index contributed by atoms with van der Waals surface area (Å²) >= 11 is 6.06. The monoisotopic (exact) mass is 444 g/mol. The molecule has 9 heteroatoms. The molecule has 3 aromatic rings. The number of sulfonamides is 1. The van der Waals surface area contributed by atoms with Gasteiger partial charge < -0.3 is 14.8 Å². The molecule has 3 aromatic carbocycles. The van der Waals surface area contributed by atoms with Crippen LogP contribution in [0.3, 0.4) is 0 Å². The van der Waals surface area contributed by atoms with Gasteiger partial charge in [-0.2, -0.15) is 0 Å². The molecule has 0 radical (unpaired) electrons. The zero-order chi connectivity index (χ0) is 21.3. The number of para-hydroxylation sites is 1. The maximum Gasteiger partial charge on any atom is 0.265 e. The van der Waals surface area contributed by atoms with Gasteiger partial charge in [-0.25, -0.2) is 8.42 Å². The third-order valence-corrected chi connectivity index (χ3v) is 5.95. The van der Waals surface area contributed by atoms with Crippen molar-refractivity contribution in [3.8, 4) is 17.2 Å². The van der Waals surface area contributed by atoms with Gasteiger partial charge in [0.2, 0.25) is 0 Å². The number of carbonyl (C=O) groups excluding carboxylic acids is 1. The molecular formula is C21H17ClN2O5S. The first-order valence-electron chi connectivity index (χ1n) is 8.99. The van der Waals surface area contributed by atoms with Crippen LogP contribution in [0.2, 0.25) is 5.02 Å². The molecule has 0 saturated heterocycles. The number of carbonyl (C=O) groups is 1. The van der Waals surface area contributed by atoms with Crippen molar-refractivity contribution in [2.24, 2.45) is 0 Å². The Morgan fingerprint density at radius 1 is 1.07 bits per heavy atom. The summed E-state index contributed by atoms with van der Waals surface area (Å²) in [5.74, 6) is 0.885. The highest BCUT2D eigenvalue weighted by atomic mass is 35.5. The molecule has 7 nitrogen and oxygen atoms in total. The smallest absolute Gasteiger partial charge is 0.265 e. The van der Waals surface area contributed by atoms with E-state index in [1.165, 1.54) is 24.3 Å². The summed E-state index contributed by atoms with van der Waals surface area (Å²) in [6, 6.07) is 17.8. The lowest BCUT2D eigenvalue weighted by Crippen LogP contribution is -2.34. The van der Waals surface area contributed by atoms with Crippen molar-refractivity contribution < 1.29 is 22.7 Å². The molecule has 1 aliphatic rings. The zero-order valence-corrected chi connectivity index (χ0v) is 17.3. The van der Waals surface area contributed by atoms with Crippen LogP contribution in [-0.2, 0) is 14.8 Å². The fourth-order valence-corrected chi connectivity index (χ4v) is 4.10. The molecule has 1 atom stereocenters. The van der Waals surface area contributed by atoms with E-state index in [2.05, 4.69) is 10.0 Å². The normalized spacial score (nSPS) is 15.5. The van der Waals surface area contributed by atoms with Gasteiger partial charge in [0.05, 0.1) is 16.3 Å². The lowest BCUT2D eigenvalue weighted by atomic mass is 10.2. The predicted octanol–water partition coefficient (Wildman–Crippen LogP) is 4.65. The van der Waals surface area contributed by atoms with E-state index in [9.17, 15) is 13.2 Å². The summed E-state index contributed by atoms with van der Waals surface area (Å²) in [5.41, 5.74) is 0.464. The first-order chi connectivity index (χ1) is 14.3. The van der Waals surface area contributed by atoms with E-state index >= 15 is 0 Å². The molecule has 0 bridgehead atoms. The minimum atomic E-state index is -4.00. The van der Waals surface area contributed by atoms with Crippen LogP contribution in [0.5, 0.6) is 17.2 Å². The Morgan fingerprint density at radius 3 is 2.60 bits per heavy atom. The molecule has 1 unspecified atom stereocenters. The van der Waals surface area contributed by atoms with Crippen LogP contribution in [0.25, 0.3) is 0 Å². The van der Waals surface area contributed by atoms with Crippen molar-refractivity contribution in [2.45, 2.75) is 17.9 Å². The van der Waals surface area contributed by atoms with E-state index < -0.39 is 16.1 Å². The van der Waals surface area contributed by atoms with Crippen molar-refractivity contribution in [1.29, 1.82) is 0 Å². The summed E-state index contributed by atoms with van der Waals surface area (Å²) in [4.78, 5) is 11.8. The summed E-state index contributed by atoms with van der Waals surface area (Å²) in [5, 5.41) is 2.98. The van der Waals surface area contributed by atoms with Crippen LogP contribution in [0.4, 0.5) is 11.4 Å². The quantitative estimate of drug-likeness (QED) is 0.597. The molecule has 0 fully saturated rings. The second-order valence-electron chi connectivity index (χ2n) is 6.57. The molecule has 154 valence electrons. The molecule has 1 aliphatic heterocycles. The SMILES string of the molecule is CC1Oc2ccc(S(=O)(=O)Nc3cc(Cl)ccc3Oc3ccccc3)cc2NC1=O. The fraction of sp³-hybridized carbons (Fsp3) is 0.0952. The van der Waals surface area contributed by atoms with Crippen molar-refractivity contribution in [3.05, 3.63) is 71.8 Å². The number of rotatable bonds is 5. The van der Waals surface area contributed by atoms with E-state index in [4.69, 9.17) is 21.1 Å². The molecular weight excluding hydrogens is 428 g/mol. The highest BCUT2D eigenvalue weighted by Gasteiger charge is 2.26. The third kappa shape index (κ3) is 4.19. The Morgan fingerprint density at radius 2 is 1.83 bits per heavy atom. The first kappa shape index (κ1) is 20.1. The van der Waals surface area contributed by atoms with E-state index in [-0.39, 0.29) is 27.9 Å². The van der Waals surface area contributed by atoms with Gasteiger partial charge in [-0.1, -0.05) is 29.8 Å². The Bertz CT molecular complexity index is 1220. The zero-order valence-electron chi connectivity index (χ0n) is 15.8. The Balaban J connectivity index is 1.65. The number of fused-ring (bicyclic) bond motifs is 1. The second-order valence-corrected chi connectivity index (χ2v) is 8.69. The number of hydrogen-bond acceptors (Lipinski definition) is 5. The molecule has 1 heterocycles. The highest BCUT2D eigenvalue weighted by molar-refractivity contribution is 7.92. The maximum absolute atomic E-state index is 13.0. The predicted molar refractivity (Wildman–Crippen MR) is 114 cm³/mol. The molecule has 30 heavy (non-hydrogen) atoms. The van der Waals surface area contributed by atoms with Crippen LogP contribution in [0.1, 0.15) is 6.92 Å². The fourth-order valence-electron chi connectivity index (χ4n) is 2.85. The molecule has 2 N–H and O–H groups in total. The molecule has 0 saturated carbocycles. The van der Waals surface area contributed by atoms with Gasteiger partial charge in [-0.05, 0) is 55.5 Å². The second kappa shape index (κ2) is 7.89. The summed E-state index contributed by atoms with van der Waals surface area (Å²) in [7, 11) is -4.00. The summed E-state index contributed by atoms with van der Waals surface area (Å²) < 4.78 is 39.7. The number of ether oxygens (including phenoxy) is 2. The third-order valence-electron chi connectivity index (χ3n) is 4.35. The number of hydrogen-bond donors (Lipinski definition) is 2. The van der Waals surface area contributed by atoms with E-state index in [1.54, 1.807) is 43.3 Å². The van der Waals surface area contributed by atoms with Crippen LogP contribution in [0.15, 0.2) is 71.6 Å². The van der Waals surface area contributed by atoms with E-state index in [0.29, 0.717) is 16.5 Å². The standard InChI is InChI=1S/C21H17ClN2O5S/c1-13-21(25)23-17-12-16(8-10-19(17)28-13)30(26,27)24-18-11-14(22)7-9-20(18)29-15-5-3-2-4-6-15/h2-13,24H,1H3,(H,23,25). The Hall–Kier alpha value is -3.23. The number of nitrogens with one attached hydrogen (secondary N) is 2. The lowest BCUT2D eigenvalue weighted by molar-refractivity contribution is -0.122. The minimum absolute atomic E-state index is 0.0506. The van der Waals surface area contributed by atoms with Gasteiger partial charge in [0.15, 0.2) is 11.9 Å². The lowest BCUT2D eigenvalue weighted by Gasteiger charge is -2.23. The van der Waals surface area contributed by atoms with Gasteiger partial charge in [-0.15, -0.1) is 0 Å². The molecule has 1 amide bonds. The van der Waals surface area contributed by atoms with E-state index in [0.717, 1.165) is 0 Å². The van der Waals surface area contributed by atoms with Crippen LogP contribution in [-0.4, -0.2) is 20.4 Å². The van der Waals surface area contributed by atoms with Crippen LogP contribution in [0, 0.1) is 0 Å². The topological polar surface area (TPSA) is 93.7 Å². The van der Waals surface area contributed by atoms with Crippen LogP contribution >= 0.6 is 11.6 Å². The maximum atomic E-state index is 13.0. The van der Waals surface area contributed by atoms with Gasteiger partial charge >= 0.3 is 0 Å². The number of benzene rings is 3. The minimum Gasteiger partial charge on any atom is -0.479 e. The average Bonchev–Trinajstić information content (AvgIpc) is 2.71. The molecule has 0 aromatic heterocycles. The largest absolute Gasteiger partial charge is 0.479 e. The van der Waals surface area contributed by atoms with Crippen molar-refractivity contribution in [3.63, 3.8) is 0 Å². The number of amides is 1. The Kier molecular flexibility index (Phi) is 5.27. The number of anilines is 2. The van der Waals surface area contributed by atoms with Gasteiger partial charge in [0.1, 0.15) is 11.5 Å². The van der Waals surface area contributed by atoms with Crippen molar-refractivity contribution >= 4 is 38.9 Å². The molecule has 4 rings (SSSR count). The highest BCUT2D eigenvalue weighted by Crippen LogP contribution is 2.35. The number of halogens is 1. The Labute approximate surface area is 178 Å². The van der Waals surface area contributed by atoms with Gasteiger partial charge in [-0.3, -0.25) is 9.52 Å². The summed E-state index contributed by atoms with van der Waals surface area (Å²) in [6.45, 7) is 1.61. The molecule has 0 aliphatic carbocycles. The average molecular weight is 445 g/mol.